The molecule has 218 valence electrons. The van der Waals surface area contributed by atoms with Gasteiger partial charge >= 0.3 is 7.12 Å². The minimum atomic E-state index is -1.76. The zero-order valence-electron chi connectivity index (χ0n) is 23.4. The number of rotatable bonds is 12. The zero-order chi connectivity index (χ0) is 29.7. The molecule has 2 aromatic carbocycles. The van der Waals surface area contributed by atoms with Crippen molar-refractivity contribution in [2.24, 2.45) is 17.8 Å². The molecule has 0 radical (unpaired) electrons. The lowest BCUT2D eigenvalue weighted by molar-refractivity contribution is -0.123. The van der Waals surface area contributed by atoms with Crippen molar-refractivity contribution in [3.8, 4) is 5.75 Å². The summed E-state index contributed by atoms with van der Waals surface area (Å²) < 4.78 is 5.42. The predicted octanol–water partition coefficient (Wildman–Crippen LogP) is 2.16. The molecular formula is C31H38BNO8. The minimum absolute atomic E-state index is 0.146. The topological polar surface area (TPSA) is 148 Å². The largest absolute Gasteiger partial charge is 0.508 e. The number of methoxy groups -OCH3 is 1. The van der Waals surface area contributed by atoms with Crippen LogP contribution in [0, 0.1) is 17.8 Å². The SMILES string of the molecule is CCC/C(=C\c1cccc(O)c1)CC[C@@H](O)C1=C(COC)C[C@H]2C(=O)N(c3cccc(B(O)O)c3)C(=O)[C@H]2[C@H]1CO. The van der Waals surface area contributed by atoms with Crippen LogP contribution in [0.4, 0.5) is 5.69 Å². The van der Waals surface area contributed by atoms with Crippen LogP contribution in [-0.4, -0.2) is 70.7 Å². The molecule has 1 aliphatic heterocycles. The fourth-order valence-corrected chi connectivity index (χ4v) is 6.26. The number of phenols is 1. The fourth-order valence-electron chi connectivity index (χ4n) is 6.26. The molecule has 0 bridgehead atoms. The van der Waals surface area contributed by atoms with Crippen LogP contribution in [0.15, 0.2) is 65.3 Å². The van der Waals surface area contributed by atoms with Gasteiger partial charge in [0.05, 0.1) is 36.8 Å². The summed E-state index contributed by atoms with van der Waals surface area (Å²) in [6.45, 7) is 1.80. The van der Waals surface area contributed by atoms with Gasteiger partial charge in [-0.25, -0.2) is 0 Å². The zero-order valence-corrected chi connectivity index (χ0v) is 23.4. The van der Waals surface area contributed by atoms with Gasteiger partial charge in [0.1, 0.15) is 5.75 Å². The third-order valence-electron chi connectivity index (χ3n) is 8.04. The van der Waals surface area contributed by atoms with E-state index in [1.54, 1.807) is 24.3 Å². The van der Waals surface area contributed by atoms with Gasteiger partial charge in [0.2, 0.25) is 11.8 Å². The van der Waals surface area contributed by atoms with Crippen molar-refractivity contribution in [3.05, 3.63) is 70.8 Å². The van der Waals surface area contributed by atoms with Crippen LogP contribution >= 0.6 is 0 Å². The number of ether oxygens (including phenoxy) is 1. The molecule has 2 amide bonds. The van der Waals surface area contributed by atoms with Crippen molar-refractivity contribution >= 4 is 36.2 Å². The van der Waals surface area contributed by atoms with E-state index >= 15 is 0 Å². The first-order valence-electron chi connectivity index (χ1n) is 14.0. The molecule has 0 spiro atoms. The maximum Gasteiger partial charge on any atom is 0.488 e. The smallest absolute Gasteiger partial charge is 0.488 e. The number of phenolic OH excluding ortho intramolecular Hbond substituents is 1. The molecular weight excluding hydrogens is 525 g/mol. The molecule has 1 fully saturated rings. The number of carbonyl (C=O) groups is 2. The number of carbonyl (C=O) groups excluding carboxylic acids is 2. The Morgan fingerprint density at radius 2 is 1.88 bits per heavy atom. The van der Waals surface area contributed by atoms with Gasteiger partial charge in [-0.2, -0.15) is 0 Å². The molecule has 10 heteroatoms. The Morgan fingerprint density at radius 1 is 1.12 bits per heavy atom. The number of nitrogens with zero attached hydrogens (tertiary/aromatic N) is 1. The second kappa shape index (κ2) is 13.6. The monoisotopic (exact) mass is 563 g/mol. The first-order chi connectivity index (χ1) is 19.7. The number of imide groups is 1. The van der Waals surface area contributed by atoms with Crippen molar-refractivity contribution in [2.75, 3.05) is 25.2 Å². The summed E-state index contributed by atoms with van der Waals surface area (Å²) in [5.41, 5.74) is 3.60. The molecule has 2 aromatic rings. The number of fused-ring (bicyclic) bond motifs is 1. The fraction of sp³-hybridized carbons (Fsp3) is 0.419. The lowest BCUT2D eigenvalue weighted by atomic mass is 9.68. The van der Waals surface area contributed by atoms with Crippen LogP contribution in [0.1, 0.15) is 44.6 Å². The van der Waals surface area contributed by atoms with Gasteiger partial charge in [-0.3, -0.25) is 14.5 Å². The molecule has 41 heavy (non-hydrogen) atoms. The van der Waals surface area contributed by atoms with Crippen molar-refractivity contribution < 1.29 is 39.7 Å². The molecule has 1 saturated heterocycles. The standard InChI is InChI=1S/C31H38BNO8/c1-3-6-19(13-20-7-4-10-24(35)14-20)11-12-27(36)28-21(18-41-2)15-25-29(26(28)17-34)31(38)33(30(25)37)23-9-5-8-22(16-23)32(39)40/h4-5,7-10,13-14,16,25-27,29,34-36,39-40H,3,6,11-12,15,17-18H2,1-2H3/b19-13+/t25-,26+,27-,29-/m1/s1. The van der Waals surface area contributed by atoms with E-state index in [9.17, 15) is 35.0 Å². The van der Waals surface area contributed by atoms with Crippen molar-refractivity contribution in [2.45, 2.75) is 45.1 Å². The Morgan fingerprint density at radius 3 is 2.54 bits per heavy atom. The minimum Gasteiger partial charge on any atom is -0.508 e. The highest BCUT2D eigenvalue weighted by atomic mass is 16.5. The number of aliphatic hydroxyl groups excluding tert-OH is 2. The summed E-state index contributed by atoms with van der Waals surface area (Å²) in [6, 6.07) is 12.9. The molecule has 0 saturated carbocycles. The van der Waals surface area contributed by atoms with Crippen molar-refractivity contribution in [3.63, 3.8) is 0 Å². The van der Waals surface area contributed by atoms with E-state index in [0.29, 0.717) is 24.0 Å². The predicted molar refractivity (Wildman–Crippen MR) is 156 cm³/mol. The van der Waals surface area contributed by atoms with Crippen LogP contribution in [-0.2, 0) is 14.3 Å². The first-order valence-corrected chi connectivity index (χ1v) is 14.0. The van der Waals surface area contributed by atoms with Crippen LogP contribution in [0.5, 0.6) is 5.75 Å². The summed E-state index contributed by atoms with van der Waals surface area (Å²) >= 11 is 0. The second-order valence-corrected chi connectivity index (χ2v) is 10.8. The summed E-state index contributed by atoms with van der Waals surface area (Å²) in [4.78, 5) is 28.3. The summed E-state index contributed by atoms with van der Waals surface area (Å²) in [5, 5.41) is 51.0. The number of hydrogen-bond donors (Lipinski definition) is 5. The van der Waals surface area contributed by atoms with Gasteiger partial charge in [0.25, 0.3) is 0 Å². The highest BCUT2D eigenvalue weighted by Crippen LogP contribution is 2.47. The van der Waals surface area contributed by atoms with E-state index in [0.717, 1.165) is 28.9 Å². The summed E-state index contributed by atoms with van der Waals surface area (Å²) in [7, 11) is -0.236. The van der Waals surface area contributed by atoms with Crippen molar-refractivity contribution in [1.82, 2.24) is 0 Å². The van der Waals surface area contributed by atoms with Crippen LogP contribution < -0.4 is 10.4 Å². The maximum absolute atomic E-state index is 13.7. The molecule has 1 heterocycles. The number of anilines is 1. The molecule has 1 aliphatic carbocycles. The normalized spacial score (nSPS) is 21.9. The van der Waals surface area contributed by atoms with Gasteiger partial charge in [0, 0.05) is 13.0 Å². The van der Waals surface area contributed by atoms with Gasteiger partial charge < -0.3 is 30.1 Å². The van der Waals surface area contributed by atoms with Crippen LogP contribution in [0.2, 0.25) is 0 Å². The Hall–Kier alpha value is -3.28. The van der Waals surface area contributed by atoms with E-state index in [-0.39, 0.29) is 29.9 Å². The third kappa shape index (κ3) is 6.63. The average Bonchev–Trinajstić information content (AvgIpc) is 3.20. The Kier molecular flexibility index (Phi) is 10.2. The first kappa shape index (κ1) is 30.7. The van der Waals surface area contributed by atoms with Gasteiger partial charge in [-0.05, 0) is 72.1 Å². The molecule has 2 aliphatic rings. The second-order valence-electron chi connectivity index (χ2n) is 10.8. The van der Waals surface area contributed by atoms with E-state index in [1.165, 1.54) is 25.3 Å². The highest BCUT2D eigenvalue weighted by molar-refractivity contribution is 6.58. The lowest BCUT2D eigenvalue weighted by Gasteiger charge is -2.36. The number of benzene rings is 2. The molecule has 0 unspecified atom stereocenters. The molecule has 5 N–H and O–H groups in total. The van der Waals surface area contributed by atoms with Gasteiger partial charge in [-0.1, -0.05) is 49.3 Å². The lowest BCUT2D eigenvalue weighted by Crippen LogP contribution is -2.40. The Labute approximate surface area is 240 Å². The summed E-state index contributed by atoms with van der Waals surface area (Å²) in [6.07, 6.45) is 3.89. The average molecular weight is 563 g/mol. The maximum atomic E-state index is 13.7. The summed E-state index contributed by atoms with van der Waals surface area (Å²) in [5.74, 6) is -3.10. The number of aromatic hydroxyl groups is 1. The van der Waals surface area contributed by atoms with Crippen LogP contribution in [0.25, 0.3) is 6.08 Å². The van der Waals surface area contributed by atoms with Gasteiger partial charge in [0.15, 0.2) is 0 Å². The highest BCUT2D eigenvalue weighted by Gasteiger charge is 2.55. The van der Waals surface area contributed by atoms with E-state index in [4.69, 9.17) is 4.74 Å². The number of allylic oxidation sites excluding steroid dienone is 1. The van der Waals surface area contributed by atoms with E-state index in [1.807, 2.05) is 12.1 Å². The Balaban J connectivity index is 1.61. The van der Waals surface area contributed by atoms with Gasteiger partial charge in [-0.15, -0.1) is 0 Å². The molecule has 0 aromatic heterocycles. The van der Waals surface area contributed by atoms with Crippen molar-refractivity contribution in [1.29, 1.82) is 0 Å². The Bertz CT molecular complexity index is 1320. The van der Waals surface area contributed by atoms with E-state index in [2.05, 4.69) is 6.92 Å². The number of amides is 2. The molecule has 9 nitrogen and oxygen atoms in total. The quantitative estimate of drug-likeness (QED) is 0.150. The van der Waals surface area contributed by atoms with Crippen LogP contribution in [0.3, 0.4) is 0 Å². The van der Waals surface area contributed by atoms with E-state index < -0.39 is 49.4 Å². The third-order valence-corrected chi connectivity index (χ3v) is 8.04. The number of hydrogen-bond acceptors (Lipinski definition) is 8. The molecule has 4 atom stereocenters. The number of aliphatic hydroxyl groups is 2. The molecule has 4 rings (SSSR count).